The molecule has 0 aliphatic carbocycles. The van der Waals surface area contributed by atoms with Gasteiger partial charge in [-0.1, -0.05) is 34.1 Å². The molecule has 244 valence electrons. The van der Waals surface area contributed by atoms with Gasteiger partial charge >= 0.3 is 5.97 Å². The molecule has 2 aromatic heterocycles. The number of carbonyl (C=O) groups is 4. The first-order valence-electron chi connectivity index (χ1n) is 15.7. The summed E-state index contributed by atoms with van der Waals surface area (Å²) in [6.07, 6.45) is 5.83. The topological polar surface area (TPSA) is 127 Å². The summed E-state index contributed by atoms with van der Waals surface area (Å²) in [4.78, 5) is 61.0. The summed E-state index contributed by atoms with van der Waals surface area (Å²) in [5.74, 6) is -1.15. The summed E-state index contributed by atoms with van der Waals surface area (Å²) in [6.45, 7) is 13.3. The average molecular weight is 631 g/mol. The minimum absolute atomic E-state index is 0.0228. The average Bonchev–Trinajstić information content (AvgIpc) is 3.75. The highest BCUT2D eigenvalue weighted by atomic mass is 32.1. The van der Waals surface area contributed by atoms with Crippen LogP contribution < -0.4 is 5.32 Å². The van der Waals surface area contributed by atoms with Gasteiger partial charge < -0.3 is 15.0 Å². The van der Waals surface area contributed by atoms with Gasteiger partial charge in [0.2, 0.25) is 5.91 Å². The van der Waals surface area contributed by atoms with E-state index in [4.69, 9.17) is 4.74 Å². The van der Waals surface area contributed by atoms with Gasteiger partial charge in [-0.2, -0.15) is 5.10 Å². The van der Waals surface area contributed by atoms with Crippen molar-refractivity contribution in [2.45, 2.75) is 97.9 Å². The Bertz CT molecular complexity index is 1260. The molecule has 5 atom stereocenters. The van der Waals surface area contributed by atoms with Crippen molar-refractivity contribution >= 4 is 34.9 Å². The highest BCUT2D eigenvalue weighted by molar-refractivity contribution is 7.09. The number of rotatable bonds is 16. The molecule has 44 heavy (non-hydrogen) atoms. The third-order valence-corrected chi connectivity index (χ3v) is 10.2. The molecule has 1 saturated heterocycles. The molecular formula is C32H50N6O5S. The summed E-state index contributed by atoms with van der Waals surface area (Å²) in [7, 11) is 3.76. The predicted molar refractivity (Wildman–Crippen MR) is 170 cm³/mol. The fourth-order valence-corrected chi connectivity index (χ4v) is 6.79. The largest absolute Gasteiger partial charge is 0.455 e. The van der Waals surface area contributed by atoms with Crippen LogP contribution in [0.4, 0.5) is 0 Å². The van der Waals surface area contributed by atoms with Crippen LogP contribution in [-0.4, -0.2) is 86.9 Å². The molecule has 0 unspecified atom stereocenters. The molecule has 0 saturated carbocycles. The number of nitrogens with zero attached hydrogens (tertiary/aromatic N) is 5. The van der Waals surface area contributed by atoms with E-state index in [1.807, 2.05) is 53.9 Å². The number of likely N-dealkylation sites (tertiary alicyclic amines) is 1. The van der Waals surface area contributed by atoms with Gasteiger partial charge in [-0.05, 0) is 51.3 Å². The zero-order valence-corrected chi connectivity index (χ0v) is 28.4. The molecule has 3 heterocycles. The van der Waals surface area contributed by atoms with E-state index in [0.717, 1.165) is 25.8 Å². The van der Waals surface area contributed by atoms with E-state index >= 15 is 0 Å². The Kier molecular flexibility index (Phi) is 12.7. The van der Waals surface area contributed by atoms with Crippen LogP contribution in [0, 0.1) is 17.8 Å². The molecule has 0 radical (unpaired) electrons. The van der Waals surface area contributed by atoms with E-state index in [9.17, 15) is 19.2 Å². The molecule has 3 rings (SSSR count). The lowest BCUT2D eigenvalue weighted by Gasteiger charge is -2.38. The molecule has 1 aliphatic rings. The standard InChI is InChI=1S/C32H50N6O5S/c1-9-22(4)24(18-28(40)32(6)12-10-15-36(32)7)31(42)37(8)26(21(2)3)19-27(43-23(5)39)30-35-25(20-44-30)29(41)33-14-17-38-16-11-13-34-38/h11,13,16,20-22,24,26-27H,9-10,12,14-15,17-19H2,1-8H3,(H,33,41)/t22-,24-,26+,27+,32+/m0/s1. The highest BCUT2D eigenvalue weighted by Gasteiger charge is 2.43. The number of likely N-dealkylation sites (N-methyl/N-ethyl adjacent to an activating group) is 1. The molecule has 2 amide bonds. The molecule has 0 aromatic carbocycles. The third-order valence-electron chi connectivity index (χ3n) is 9.25. The van der Waals surface area contributed by atoms with E-state index < -0.39 is 23.5 Å². The SMILES string of the molecule is CC[C@H](C)[C@H](CC(=O)[C@@]1(C)CCCN1C)C(=O)N(C)[C@H](C[C@@H](OC(C)=O)c1nc(C(=O)NCCn2cccn2)cs1)C(C)C. The minimum Gasteiger partial charge on any atom is -0.455 e. The first-order chi connectivity index (χ1) is 20.8. The van der Waals surface area contributed by atoms with Gasteiger partial charge in [0.05, 0.1) is 12.1 Å². The molecule has 1 fully saturated rings. The van der Waals surface area contributed by atoms with Crippen molar-refractivity contribution in [3.8, 4) is 0 Å². The van der Waals surface area contributed by atoms with Crippen molar-refractivity contribution in [2.75, 3.05) is 27.2 Å². The van der Waals surface area contributed by atoms with Gasteiger partial charge in [0.25, 0.3) is 5.91 Å². The van der Waals surface area contributed by atoms with Gasteiger partial charge in [0, 0.05) is 63.1 Å². The van der Waals surface area contributed by atoms with Gasteiger partial charge in [-0.3, -0.25) is 28.8 Å². The van der Waals surface area contributed by atoms with Gasteiger partial charge in [-0.15, -0.1) is 11.3 Å². The third kappa shape index (κ3) is 8.74. The Morgan fingerprint density at radius 1 is 1.23 bits per heavy atom. The van der Waals surface area contributed by atoms with Gasteiger partial charge in [0.15, 0.2) is 11.9 Å². The monoisotopic (exact) mass is 630 g/mol. The maximum Gasteiger partial charge on any atom is 0.303 e. The van der Waals surface area contributed by atoms with Gasteiger partial charge in [-0.25, -0.2) is 4.98 Å². The summed E-state index contributed by atoms with van der Waals surface area (Å²) < 4.78 is 7.45. The van der Waals surface area contributed by atoms with Gasteiger partial charge in [0.1, 0.15) is 10.7 Å². The number of esters is 1. The van der Waals surface area contributed by atoms with E-state index in [1.54, 1.807) is 28.2 Å². The second-order valence-electron chi connectivity index (χ2n) is 12.6. The number of hydrogen-bond acceptors (Lipinski definition) is 9. The molecule has 2 aromatic rings. The molecule has 0 bridgehead atoms. The Balaban J connectivity index is 1.76. The molecule has 12 heteroatoms. The maximum atomic E-state index is 14.1. The first kappa shape index (κ1) is 35.4. The van der Waals surface area contributed by atoms with Crippen molar-refractivity contribution in [1.82, 2.24) is 29.9 Å². The van der Waals surface area contributed by atoms with E-state index in [-0.39, 0.29) is 47.6 Å². The number of ether oxygens (including phenoxy) is 1. The summed E-state index contributed by atoms with van der Waals surface area (Å²) in [5.41, 5.74) is -0.301. The number of ketones is 1. The van der Waals surface area contributed by atoms with Crippen LogP contribution in [0.1, 0.15) is 95.2 Å². The number of Topliss-reactive ketones (excluding diaryl/α,β-unsaturated/α-hetero) is 1. The van der Waals surface area contributed by atoms with Crippen LogP contribution in [0.5, 0.6) is 0 Å². The molecule has 0 spiro atoms. The highest BCUT2D eigenvalue weighted by Crippen LogP contribution is 2.35. The second kappa shape index (κ2) is 15.7. The smallest absolute Gasteiger partial charge is 0.303 e. The van der Waals surface area contributed by atoms with E-state index in [2.05, 4.69) is 20.3 Å². The molecular weight excluding hydrogens is 580 g/mol. The van der Waals surface area contributed by atoms with E-state index in [1.165, 1.54) is 18.3 Å². The van der Waals surface area contributed by atoms with Crippen LogP contribution >= 0.6 is 11.3 Å². The quantitative estimate of drug-likeness (QED) is 0.271. The molecule has 1 aliphatic heterocycles. The first-order valence-corrected chi connectivity index (χ1v) is 16.6. The van der Waals surface area contributed by atoms with Crippen molar-refractivity contribution < 1.29 is 23.9 Å². The van der Waals surface area contributed by atoms with Crippen molar-refractivity contribution in [3.05, 3.63) is 34.5 Å². The second-order valence-corrected chi connectivity index (χ2v) is 13.5. The molecule has 11 nitrogen and oxygen atoms in total. The normalized spacial score (nSPS) is 19.8. The van der Waals surface area contributed by atoms with Crippen LogP contribution in [0.2, 0.25) is 0 Å². The summed E-state index contributed by atoms with van der Waals surface area (Å²) in [6, 6.07) is 1.52. The Hall–Kier alpha value is -3.12. The fourth-order valence-electron chi connectivity index (χ4n) is 5.95. The lowest BCUT2D eigenvalue weighted by molar-refractivity contribution is -0.149. The number of aromatic nitrogens is 3. The number of carbonyl (C=O) groups excluding carboxylic acids is 4. The number of thiazole rings is 1. The lowest BCUT2D eigenvalue weighted by atomic mass is 9.80. The lowest BCUT2D eigenvalue weighted by Crippen LogP contribution is -2.50. The molecule has 1 N–H and O–H groups in total. The van der Waals surface area contributed by atoms with Crippen molar-refractivity contribution in [3.63, 3.8) is 0 Å². The summed E-state index contributed by atoms with van der Waals surface area (Å²) in [5, 5.41) is 9.12. The Morgan fingerprint density at radius 3 is 2.52 bits per heavy atom. The van der Waals surface area contributed by atoms with Crippen LogP contribution in [-0.2, 0) is 25.7 Å². The van der Waals surface area contributed by atoms with Crippen molar-refractivity contribution in [1.29, 1.82) is 0 Å². The fraction of sp³-hybridized carbons (Fsp3) is 0.688. The van der Waals surface area contributed by atoms with Crippen LogP contribution in [0.25, 0.3) is 0 Å². The van der Waals surface area contributed by atoms with Crippen LogP contribution in [0.3, 0.4) is 0 Å². The number of amides is 2. The van der Waals surface area contributed by atoms with Crippen molar-refractivity contribution in [2.24, 2.45) is 17.8 Å². The number of nitrogens with one attached hydrogen (secondary N) is 1. The zero-order chi connectivity index (χ0) is 32.6. The summed E-state index contributed by atoms with van der Waals surface area (Å²) >= 11 is 1.25. The Morgan fingerprint density at radius 2 is 1.95 bits per heavy atom. The zero-order valence-electron chi connectivity index (χ0n) is 27.5. The maximum absolute atomic E-state index is 14.1. The Labute approximate surface area is 265 Å². The predicted octanol–water partition coefficient (Wildman–Crippen LogP) is 4.35. The number of hydrogen-bond donors (Lipinski definition) is 1. The van der Waals surface area contributed by atoms with E-state index in [0.29, 0.717) is 24.5 Å². The minimum atomic E-state index is -0.736. The van der Waals surface area contributed by atoms with Crippen LogP contribution in [0.15, 0.2) is 23.8 Å².